The molecular formula is C27H24Cl2N6O3. The number of benzene rings is 3. The first-order valence-corrected chi connectivity index (χ1v) is 12.7. The molecule has 0 spiro atoms. The molecule has 0 saturated heterocycles. The highest BCUT2D eigenvalue weighted by molar-refractivity contribution is 6.35. The smallest absolute Gasteiger partial charge is 0.255 e. The minimum Gasteiger partial charge on any atom is -0.492 e. The molecule has 2 heterocycles. The third kappa shape index (κ3) is 5.29. The first-order valence-electron chi connectivity index (χ1n) is 11.9. The van der Waals surface area contributed by atoms with Crippen molar-refractivity contribution in [2.75, 3.05) is 17.2 Å². The number of tetrazole rings is 1. The standard InChI is InChI=1S/C27H24Cl2N6O3/c1-3-37-23-7-5-4-6-22(23)31-26(36)24-16(2)30-27-32-33-34-35(27)25(24)17-9-12-20(13-10-17)38-15-18-8-11-19(28)14-21(18)29/h4-14,25H,3,15H2,1-2H3,(H,31,36)(H,30,32,34). The number of nitrogens with zero attached hydrogens (tertiary/aromatic N) is 4. The second-order valence-electron chi connectivity index (χ2n) is 8.49. The molecule has 0 aliphatic carbocycles. The van der Waals surface area contributed by atoms with Gasteiger partial charge < -0.3 is 20.1 Å². The summed E-state index contributed by atoms with van der Waals surface area (Å²) in [6.07, 6.45) is 0. The molecule has 194 valence electrons. The Hall–Kier alpha value is -4.08. The number of anilines is 2. The van der Waals surface area contributed by atoms with Crippen LogP contribution < -0.4 is 20.1 Å². The molecule has 1 aromatic heterocycles. The highest BCUT2D eigenvalue weighted by Gasteiger charge is 2.34. The molecule has 1 aliphatic heterocycles. The summed E-state index contributed by atoms with van der Waals surface area (Å²) < 4.78 is 13.2. The Kier molecular flexibility index (Phi) is 7.48. The number of allylic oxidation sites excluding steroid dienone is 1. The van der Waals surface area contributed by atoms with Gasteiger partial charge in [0.15, 0.2) is 0 Å². The van der Waals surface area contributed by atoms with Crippen LogP contribution >= 0.6 is 23.2 Å². The number of fused-ring (bicyclic) bond motifs is 1. The van der Waals surface area contributed by atoms with E-state index in [9.17, 15) is 4.79 Å². The Labute approximate surface area is 229 Å². The number of ether oxygens (including phenoxy) is 2. The van der Waals surface area contributed by atoms with Crippen LogP contribution in [0.25, 0.3) is 0 Å². The van der Waals surface area contributed by atoms with Gasteiger partial charge in [0, 0.05) is 21.3 Å². The van der Waals surface area contributed by atoms with E-state index in [0.29, 0.717) is 51.1 Å². The van der Waals surface area contributed by atoms with Gasteiger partial charge in [0.1, 0.15) is 24.1 Å². The molecule has 0 radical (unpaired) electrons. The van der Waals surface area contributed by atoms with Crippen molar-refractivity contribution in [2.24, 2.45) is 0 Å². The number of para-hydroxylation sites is 2. The summed E-state index contributed by atoms with van der Waals surface area (Å²) in [6, 6.07) is 19.4. The number of carbonyl (C=O) groups excluding carboxylic acids is 1. The van der Waals surface area contributed by atoms with Gasteiger partial charge in [-0.25, -0.2) is 0 Å². The van der Waals surface area contributed by atoms with Crippen molar-refractivity contribution in [3.05, 3.63) is 99.2 Å². The molecule has 11 heteroatoms. The average Bonchev–Trinajstić information content (AvgIpc) is 3.37. The van der Waals surface area contributed by atoms with Crippen molar-refractivity contribution < 1.29 is 14.3 Å². The molecule has 38 heavy (non-hydrogen) atoms. The van der Waals surface area contributed by atoms with Crippen LogP contribution in [0.5, 0.6) is 11.5 Å². The molecule has 3 aromatic carbocycles. The van der Waals surface area contributed by atoms with Crippen molar-refractivity contribution in [2.45, 2.75) is 26.5 Å². The number of aromatic nitrogens is 4. The van der Waals surface area contributed by atoms with Gasteiger partial charge in [-0.15, -0.1) is 0 Å². The van der Waals surface area contributed by atoms with Crippen LogP contribution in [0.3, 0.4) is 0 Å². The van der Waals surface area contributed by atoms with Crippen molar-refractivity contribution in [3.63, 3.8) is 0 Å². The highest BCUT2D eigenvalue weighted by Crippen LogP contribution is 2.36. The van der Waals surface area contributed by atoms with Gasteiger partial charge in [0.05, 0.1) is 17.9 Å². The SMILES string of the molecule is CCOc1ccccc1NC(=O)C1=C(C)Nc2nnnn2C1c1ccc(OCc2ccc(Cl)cc2Cl)cc1. The molecule has 5 rings (SSSR count). The van der Waals surface area contributed by atoms with Crippen LogP contribution in [0.4, 0.5) is 11.6 Å². The maximum atomic E-state index is 13.6. The largest absolute Gasteiger partial charge is 0.492 e. The molecular weight excluding hydrogens is 527 g/mol. The minimum absolute atomic E-state index is 0.283. The zero-order chi connectivity index (χ0) is 26.6. The van der Waals surface area contributed by atoms with E-state index in [1.165, 1.54) is 0 Å². The molecule has 1 aliphatic rings. The molecule has 0 saturated carbocycles. The monoisotopic (exact) mass is 550 g/mol. The van der Waals surface area contributed by atoms with Crippen molar-refractivity contribution >= 4 is 40.7 Å². The lowest BCUT2D eigenvalue weighted by Gasteiger charge is -2.28. The van der Waals surface area contributed by atoms with Crippen LogP contribution in [-0.2, 0) is 11.4 Å². The molecule has 1 atom stereocenters. The summed E-state index contributed by atoms with van der Waals surface area (Å²) in [5, 5.41) is 19.2. The Morgan fingerprint density at radius 2 is 1.87 bits per heavy atom. The predicted molar refractivity (Wildman–Crippen MR) is 146 cm³/mol. The third-order valence-corrected chi connectivity index (χ3v) is 6.59. The fraction of sp³-hybridized carbons (Fsp3) is 0.185. The van der Waals surface area contributed by atoms with Gasteiger partial charge in [-0.3, -0.25) is 4.79 Å². The van der Waals surface area contributed by atoms with Crippen LogP contribution in [0, 0.1) is 0 Å². The summed E-state index contributed by atoms with van der Waals surface area (Å²) >= 11 is 12.2. The first kappa shape index (κ1) is 25.6. The zero-order valence-electron chi connectivity index (χ0n) is 20.6. The second-order valence-corrected chi connectivity index (χ2v) is 9.33. The number of nitrogens with one attached hydrogen (secondary N) is 2. The van der Waals surface area contributed by atoms with E-state index in [4.69, 9.17) is 32.7 Å². The average molecular weight is 551 g/mol. The van der Waals surface area contributed by atoms with Gasteiger partial charge in [0.25, 0.3) is 5.91 Å². The fourth-order valence-electron chi connectivity index (χ4n) is 4.20. The normalized spacial score (nSPS) is 14.5. The number of carbonyl (C=O) groups is 1. The van der Waals surface area contributed by atoms with E-state index in [1.807, 2.05) is 62.4 Å². The Morgan fingerprint density at radius 1 is 1.08 bits per heavy atom. The lowest BCUT2D eigenvalue weighted by molar-refractivity contribution is -0.113. The van der Waals surface area contributed by atoms with E-state index in [1.54, 1.807) is 22.9 Å². The molecule has 9 nitrogen and oxygen atoms in total. The summed E-state index contributed by atoms with van der Waals surface area (Å²) in [5.74, 6) is 1.37. The Balaban J connectivity index is 1.41. The van der Waals surface area contributed by atoms with Crippen LogP contribution in [-0.4, -0.2) is 32.7 Å². The maximum absolute atomic E-state index is 13.6. The van der Waals surface area contributed by atoms with Gasteiger partial charge in [-0.1, -0.05) is 58.6 Å². The summed E-state index contributed by atoms with van der Waals surface area (Å²) in [4.78, 5) is 13.6. The maximum Gasteiger partial charge on any atom is 0.255 e. The summed E-state index contributed by atoms with van der Waals surface area (Å²) in [5.41, 5.74) is 3.31. The van der Waals surface area contributed by atoms with Gasteiger partial charge >= 0.3 is 0 Å². The number of hydrogen-bond acceptors (Lipinski definition) is 7. The lowest BCUT2D eigenvalue weighted by atomic mass is 9.95. The van der Waals surface area contributed by atoms with E-state index in [2.05, 4.69) is 26.2 Å². The van der Waals surface area contributed by atoms with Crippen LogP contribution in [0.2, 0.25) is 10.0 Å². The topological polar surface area (TPSA) is 103 Å². The van der Waals surface area contributed by atoms with E-state index >= 15 is 0 Å². The van der Waals surface area contributed by atoms with E-state index < -0.39 is 6.04 Å². The summed E-state index contributed by atoms with van der Waals surface area (Å²) in [6.45, 7) is 4.47. The van der Waals surface area contributed by atoms with E-state index in [-0.39, 0.29) is 12.5 Å². The van der Waals surface area contributed by atoms with Crippen molar-refractivity contribution in [3.8, 4) is 11.5 Å². The Bertz CT molecular complexity index is 1500. The van der Waals surface area contributed by atoms with Gasteiger partial charge in [-0.2, -0.15) is 4.68 Å². The van der Waals surface area contributed by atoms with Gasteiger partial charge in [0.2, 0.25) is 5.95 Å². The van der Waals surface area contributed by atoms with Crippen LogP contribution in [0.15, 0.2) is 78.0 Å². The van der Waals surface area contributed by atoms with Gasteiger partial charge in [-0.05, 0) is 66.2 Å². The van der Waals surface area contributed by atoms with E-state index in [0.717, 1.165) is 11.1 Å². The highest BCUT2D eigenvalue weighted by atomic mass is 35.5. The number of hydrogen-bond donors (Lipinski definition) is 2. The second kappa shape index (κ2) is 11.1. The number of rotatable bonds is 8. The zero-order valence-corrected chi connectivity index (χ0v) is 22.1. The third-order valence-electron chi connectivity index (χ3n) is 6.00. The van der Waals surface area contributed by atoms with Crippen molar-refractivity contribution in [1.82, 2.24) is 20.2 Å². The van der Waals surface area contributed by atoms with Crippen molar-refractivity contribution in [1.29, 1.82) is 0 Å². The Morgan fingerprint density at radius 3 is 2.63 bits per heavy atom. The quantitative estimate of drug-likeness (QED) is 0.282. The summed E-state index contributed by atoms with van der Waals surface area (Å²) in [7, 11) is 0. The molecule has 0 fully saturated rings. The predicted octanol–water partition coefficient (Wildman–Crippen LogP) is 5.89. The lowest BCUT2D eigenvalue weighted by Crippen LogP contribution is -2.31. The molecule has 0 bridgehead atoms. The first-order chi connectivity index (χ1) is 18.4. The number of amides is 1. The molecule has 2 N–H and O–H groups in total. The number of halogens is 2. The minimum atomic E-state index is -0.569. The molecule has 1 unspecified atom stereocenters. The fourth-order valence-corrected chi connectivity index (χ4v) is 4.66. The molecule has 4 aromatic rings. The van der Waals surface area contributed by atoms with Crippen LogP contribution in [0.1, 0.15) is 31.0 Å². The molecule has 1 amide bonds.